The van der Waals surface area contributed by atoms with Gasteiger partial charge in [-0.15, -0.1) is 0 Å². The minimum atomic E-state index is -0.558. The standard InChI is InChI=1S/C15H10FN3O2S/c16-10-7-5-9(6-8-10)13(20)18-19-14(21)11-3-1-2-4-12(11)17-15(19)22/h1-8H,(H,17,22)(H,18,20). The van der Waals surface area contributed by atoms with Crippen LogP contribution in [0.2, 0.25) is 0 Å². The molecule has 2 aromatic carbocycles. The summed E-state index contributed by atoms with van der Waals surface area (Å²) in [6, 6.07) is 11.8. The molecule has 7 heteroatoms. The number of rotatable bonds is 2. The molecule has 22 heavy (non-hydrogen) atoms. The van der Waals surface area contributed by atoms with Crippen LogP contribution < -0.4 is 11.0 Å². The lowest BCUT2D eigenvalue weighted by Crippen LogP contribution is -2.34. The molecule has 0 atom stereocenters. The number of halogens is 1. The predicted octanol–water partition coefficient (Wildman–Crippen LogP) is 2.58. The van der Waals surface area contributed by atoms with E-state index in [1.165, 1.54) is 24.3 Å². The Balaban J connectivity index is 2.04. The van der Waals surface area contributed by atoms with E-state index < -0.39 is 17.3 Å². The van der Waals surface area contributed by atoms with E-state index in [1.54, 1.807) is 24.3 Å². The zero-order chi connectivity index (χ0) is 15.7. The highest BCUT2D eigenvalue weighted by Gasteiger charge is 2.10. The van der Waals surface area contributed by atoms with Crippen molar-refractivity contribution in [1.29, 1.82) is 0 Å². The van der Waals surface area contributed by atoms with Crippen molar-refractivity contribution >= 4 is 29.0 Å². The number of H-pyrrole nitrogens is 1. The molecule has 0 fully saturated rings. The van der Waals surface area contributed by atoms with E-state index in [4.69, 9.17) is 12.2 Å². The summed E-state index contributed by atoms with van der Waals surface area (Å²) in [5, 5.41) is 0.399. The topological polar surface area (TPSA) is 66.9 Å². The molecule has 3 aromatic rings. The van der Waals surface area contributed by atoms with Gasteiger partial charge in [-0.3, -0.25) is 15.0 Å². The van der Waals surface area contributed by atoms with Gasteiger partial charge in [0, 0.05) is 5.56 Å². The Kier molecular flexibility index (Phi) is 3.56. The second kappa shape index (κ2) is 5.53. The van der Waals surface area contributed by atoms with Crippen molar-refractivity contribution in [3.63, 3.8) is 0 Å². The number of carbonyl (C=O) groups is 1. The molecule has 0 bridgehead atoms. The number of hydrogen-bond donors (Lipinski definition) is 2. The lowest BCUT2D eigenvalue weighted by molar-refractivity contribution is 0.101. The molecule has 5 nitrogen and oxygen atoms in total. The van der Waals surface area contributed by atoms with Gasteiger partial charge in [-0.2, -0.15) is 4.68 Å². The summed E-state index contributed by atoms with van der Waals surface area (Å²) in [5.41, 5.74) is 2.78. The van der Waals surface area contributed by atoms with Gasteiger partial charge in [-0.1, -0.05) is 12.1 Å². The average molecular weight is 315 g/mol. The number of benzene rings is 2. The van der Waals surface area contributed by atoms with E-state index in [-0.39, 0.29) is 10.3 Å². The summed E-state index contributed by atoms with van der Waals surface area (Å²) >= 11 is 5.09. The van der Waals surface area contributed by atoms with E-state index in [0.29, 0.717) is 10.9 Å². The second-order valence-corrected chi connectivity index (χ2v) is 4.95. The number of fused-ring (bicyclic) bond motifs is 1. The fraction of sp³-hybridized carbons (Fsp3) is 0. The molecular weight excluding hydrogens is 305 g/mol. The van der Waals surface area contributed by atoms with Crippen molar-refractivity contribution in [2.45, 2.75) is 0 Å². The minimum Gasteiger partial charge on any atom is -0.330 e. The van der Waals surface area contributed by atoms with Crippen LogP contribution in [-0.2, 0) is 0 Å². The molecule has 1 aromatic heterocycles. The first-order chi connectivity index (χ1) is 10.6. The number of nitrogens with zero attached hydrogens (tertiary/aromatic N) is 1. The van der Waals surface area contributed by atoms with Crippen LogP contribution in [0, 0.1) is 10.6 Å². The van der Waals surface area contributed by atoms with Crippen LogP contribution in [0.4, 0.5) is 4.39 Å². The lowest BCUT2D eigenvalue weighted by Gasteiger charge is -2.09. The fourth-order valence-corrected chi connectivity index (χ4v) is 2.27. The van der Waals surface area contributed by atoms with E-state index in [9.17, 15) is 14.0 Å². The molecule has 2 N–H and O–H groups in total. The van der Waals surface area contributed by atoms with Crippen molar-refractivity contribution < 1.29 is 9.18 Å². The van der Waals surface area contributed by atoms with Crippen LogP contribution in [-0.4, -0.2) is 15.6 Å². The monoisotopic (exact) mass is 315 g/mol. The maximum absolute atomic E-state index is 12.9. The van der Waals surface area contributed by atoms with Gasteiger partial charge in [0.1, 0.15) is 5.82 Å². The molecule has 0 radical (unpaired) electrons. The second-order valence-electron chi connectivity index (χ2n) is 4.56. The van der Waals surface area contributed by atoms with Crippen molar-refractivity contribution in [2.75, 3.05) is 5.43 Å². The highest BCUT2D eigenvalue weighted by atomic mass is 32.1. The number of amides is 1. The summed E-state index contributed by atoms with van der Waals surface area (Å²) in [4.78, 5) is 27.4. The summed E-state index contributed by atoms with van der Waals surface area (Å²) in [6.45, 7) is 0. The molecule has 1 amide bonds. The van der Waals surface area contributed by atoms with Crippen LogP contribution in [0.25, 0.3) is 10.9 Å². The highest BCUT2D eigenvalue weighted by Crippen LogP contribution is 2.06. The Morgan fingerprint density at radius 3 is 2.55 bits per heavy atom. The molecule has 0 saturated heterocycles. The molecule has 0 spiro atoms. The first-order valence-corrected chi connectivity index (χ1v) is 6.78. The number of para-hydroxylation sites is 1. The smallest absolute Gasteiger partial charge is 0.281 e. The van der Waals surface area contributed by atoms with Crippen molar-refractivity contribution in [3.8, 4) is 0 Å². The minimum absolute atomic E-state index is 0.0687. The van der Waals surface area contributed by atoms with Crippen LogP contribution >= 0.6 is 12.2 Å². The Labute approximate surface area is 129 Å². The van der Waals surface area contributed by atoms with Gasteiger partial charge >= 0.3 is 0 Å². The van der Waals surface area contributed by atoms with Gasteiger partial charge < -0.3 is 4.98 Å². The van der Waals surface area contributed by atoms with E-state index in [1.807, 2.05) is 0 Å². The zero-order valence-corrected chi connectivity index (χ0v) is 12.0. The summed E-state index contributed by atoms with van der Waals surface area (Å²) < 4.78 is 13.9. The molecule has 3 rings (SSSR count). The van der Waals surface area contributed by atoms with Gasteiger partial charge in [0.25, 0.3) is 11.5 Å². The molecular formula is C15H10FN3O2S. The molecule has 0 aliphatic carbocycles. The maximum Gasteiger partial charge on any atom is 0.281 e. The number of hydrogen-bond acceptors (Lipinski definition) is 3. The van der Waals surface area contributed by atoms with E-state index in [0.717, 1.165) is 4.68 Å². The van der Waals surface area contributed by atoms with Crippen molar-refractivity contribution in [3.05, 3.63) is 75.0 Å². The average Bonchev–Trinajstić information content (AvgIpc) is 2.52. The Morgan fingerprint density at radius 1 is 1.14 bits per heavy atom. The van der Waals surface area contributed by atoms with Gasteiger partial charge in [0.15, 0.2) is 4.77 Å². The molecule has 0 unspecified atom stereocenters. The zero-order valence-electron chi connectivity index (χ0n) is 11.2. The normalized spacial score (nSPS) is 10.6. The molecule has 0 aliphatic heterocycles. The highest BCUT2D eigenvalue weighted by molar-refractivity contribution is 7.71. The number of carbonyl (C=O) groups excluding carboxylic acids is 1. The van der Waals surface area contributed by atoms with Gasteiger partial charge in [-0.05, 0) is 48.6 Å². The van der Waals surface area contributed by atoms with Gasteiger partial charge in [-0.25, -0.2) is 4.39 Å². The van der Waals surface area contributed by atoms with Gasteiger partial charge in [0.2, 0.25) is 0 Å². The molecule has 0 aliphatic rings. The quantitative estimate of drug-likeness (QED) is 0.714. The fourth-order valence-electron chi connectivity index (χ4n) is 2.03. The Hall–Kier alpha value is -2.80. The Bertz CT molecular complexity index is 976. The third-order valence-corrected chi connectivity index (χ3v) is 3.41. The third-order valence-electron chi connectivity index (χ3n) is 3.13. The first-order valence-electron chi connectivity index (χ1n) is 6.37. The molecule has 110 valence electrons. The van der Waals surface area contributed by atoms with Crippen LogP contribution in [0.15, 0.2) is 53.3 Å². The summed E-state index contributed by atoms with van der Waals surface area (Å²) in [6.07, 6.45) is 0. The number of aromatic amines is 1. The third kappa shape index (κ3) is 2.53. The molecule has 0 saturated carbocycles. The summed E-state index contributed by atoms with van der Waals surface area (Å²) in [7, 11) is 0. The van der Waals surface area contributed by atoms with Crippen LogP contribution in [0.5, 0.6) is 0 Å². The predicted molar refractivity (Wildman–Crippen MR) is 83.5 cm³/mol. The van der Waals surface area contributed by atoms with Crippen molar-refractivity contribution in [2.24, 2.45) is 0 Å². The van der Waals surface area contributed by atoms with Crippen LogP contribution in [0.3, 0.4) is 0 Å². The first kappa shape index (κ1) is 14.2. The summed E-state index contributed by atoms with van der Waals surface area (Å²) in [5.74, 6) is -1.01. The van der Waals surface area contributed by atoms with E-state index >= 15 is 0 Å². The molecule has 1 heterocycles. The maximum atomic E-state index is 12.9. The van der Waals surface area contributed by atoms with Crippen molar-refractivity contribution in [1.82, 2.24) is 9.66 Å². The SMILES string of the molecule is O=C(Nn1c(=S)[nH]c2ccccc2c1=O)c1ccc(F)cc1. The Morgan fingerprint density at radius 2 is 1.82 bits per heavy atom. The largest absolute Gasteiger partial charge is 0.330 e. The lowest BCUT2D eigenvalue weighted by atomic mass is 10.2. The van der Waals surface area contributed by atoms with Gasteiger partial charge in [0.05, 0.1) is 10.9 Å². The van der Waals surface area contributed by atoms with E-state index in [2.05, 4.69) is 10.4 Å². The number of aromatic nitrogens is 2. The van der Waals surface area contributed by atoms with Crippen LogP contribution in [0.1, 0.15) is 10.4 Å². The number of nitrogens with one attached hydrogen (secondary N) is 2.